The molecule has 3 amide bonds. The maximum atomic E-state index is 13.8. The summed E-state index contributed by atoms with van der Waals surface area (Å²) in [5, 5.41) is 5.71. The van der Waals surface area contributed by atoms with Crippen LogP contribution < -0.4 is 5.32 Å². The third-order valence-electron chi connectivity index (χ3n) is 6.96. The van der Waals surface area contributed by atoms with Gasteiger partial charge in [-0.3, -0.25) is 4.79 Å². The Morgan fingerprint density at radius 1 is 0.900 bits per heavy atom. The molecule has 1 aliphatic rings. The number of fused-ring (bicyclic) bond motifs is 1. The summed E-state index contributed by atoms with van der Waals surface area (Å²) in [7, 11) is 0. The standard InChI is InChI=1S/C32H47N3O5/c1-8-9-18-32(19-13-21-35(28(37)39-30(2,3)4)29(38)40-31(5,6)7)23-34(22-20-33-32)27(36)26-17-12-15-24-14-10-11-16-25(24)26/h10-12,14-17,33H,8-9,13,18-23H2,1-7H3/t32-/m0/s1. The molecule has 1 atom stereocenters. The molecule has 3 rings (SSSR count). The lowest BCUT2D eigenvalue weighted by Gasteiger charge is -2.44. The first kappa shape index (κ1) is 31.4. The van der Waals surface area contributed by atoms with E-state index in [-0.39, 0.29) is 18.0 Å². The normalized spacial score (nSPS) is 17.9. The van der Waals surface area contributed by atoms with Crippen LogP contribution in [0.15, 0.2) is 42.5 Å². The molecule has 0 unspecified atom stereocenters. The maximum Gasteiger partial charge on any atom is 0.419 e. The second-order valence-electron chi connectivity index (χ2n) is 12.8. The number of nitrogens with zero attached hydrogens (tertiary/aromatic N) is 2. The van der Waals surface area contributed by atoms with E-state index in [4.69, 9.17) is 9.47 Å². The molecular weight excluding hydrogens is 506 g/mol. The van der Waals surface area contributed by atoms with Crippen molar-refractivity contribution in [2.45, 2.75) is 97.3 Å². The lowest BCUT2D eigenvalue weighted by molar-refractivity contribution is 0.000512. The van der Waals surface area contributed by atoms with Gasteiger partial charge < -0.3 is 19.7 Å². The molecule has 0 aromatic heterocycles. The first-order valence-corrected chi connectivity index (χ1v) is 14.5. The zero-order valence-corrected chi connectivity index (χ0v) is 25.3. The summed E-state index contributed by atoms with van der Waals surface area (Å²) in [6.45, 7) is 14.8. The zero-order chi connectivity index (χ0) is 29.6. The molecule has 0 radical (unpaired) electrons. The summed E-state index contributed by atoms with van der Waals surface area (Å²) in [6.07, 6.45) is 2.73. The van der Waals surface area contributed by atoms with Gasteiger partial charge in [0, 0.05) is 37.3 Å². The first-order valence-electron chi connectivity index (χ1n) is 14.5. The minimum atomic E-state index is -0.743. The molecular formula is C32H47N3O5. The molecule has 8 heteroatoms. The molecule has 1 heterocycles. The van der Waals surface area contributed by atoms with E-state index < -0.39 is 23.4 Å². The van der Waals surface area contributed by atoms with Crippen LogP contribution in [-0.4, -0.2) is 70.8 Å². The third kappa shape index (κ3) is 8.68. The molecule has 2 aromatic rings. The molecule has 0 saturated carbocycles. The fraction of sp³-hybridized carbons (Fsp3) is 0.594. The van der Waals surface area contributed by atoms with Crippen LogP contribution in [0.4, 0.5) is 9.59 Å². The molecule has 0 spiro atoms. The van der Waals surface area contributed by atoms with Crippen molar-refractivity contribution in [1.29, 1.82) is 0 Å². The Bertz CT molecular complexity index is 1150. The molecule has 40 heavy (non-hydrogen) atoms. The van der Waals surface area contributed by atoms with Gasteiger partial charge in [0.25, 0.3) is 5.91 Å². The van der Waals surface area contributed by atoms with Gasteiger partial charge in [-0.2, -0.15) is 0 Å². The van der Waals surface area contributed by atoms with Gasteiger partial charge in [-0.15, -0.1) is 0 Å². The Labute approximate surface area is 239 Å². The second-order valence-corrected chi connectivity index (χ2v) is 12.8. The van der Waals surface area contributed by atoms with Gasteiger partial charge >= 0.3 is 12.2 Å². The van der Waals surface area contributed by atoms with Gasteiger partial charge in [0.2, 0.25) is 0 Å². The van der Waals surface area contributed by atoms with Crippen LogP contribution in [0.1, 0.15) is 90.9 Å². The number of hydrogen-bond donors (Lipinski definition) is 1. The van der Waals surface area contributed by atoms with Crippen molar-refractivity contribution in [1.82, 2.24) is 15.1 Å². The largest absolute Gasteiger partial charge is 0.443 e. The van der Waals surface area contributed by atoms with Crippen LogP contribution in [0.2, 0.25) is 0 Å². The number of piperazine rings is 1. The van der Waals surface area contributed by atoms with Crippen molar-refractivity contribution in [2.75, 3.05) is 26.2 Å². The summed E-state index contributed by atoms with van der Waals surface area (Å²) < 4.78 is 11.0. The van der Waals surface area contributed by atoms with Crippen LogP contribution in [-0.2, 0) is 9.47 Å². The number of ether oxygens (including phenoxy) is 2. The van der Waals surface area contributed by atoms with Crippen molar-refractivity contribution >= 4 is 28.9 Å². The van der Waals surface area contributed by atoms with Gasteiger partial charge in [0.15, 0.2) is 0 Å². The molecule has 1 N–H and O–H groups in total. The van der Waals surface area contributed by atoms with Crippen LogP contribution in [0, 0.1) is 0 Å². The Kier molecular flexibility index (Phi) is 10.2. The SMILES string of the molecule is CCCC[C@]1(CCCN(C(=O)OC(C)(C)C)C(=O)OC(C)(C)C)CN(C(=O)c2cccc3ccccc23)CCN1. The third-order valence-corrected chi connectivity index (χ3v) is 6.96. The molecule has 1 saturated heterocycles. The van der Waals surface area contributed by atoms with Crippen molar-refractivity contribution in [3.8, 4) is 0 Å². The summed E-state index contributed by atoms with van der Waals surface area (Å²) in [5.41, 5.74) is -1.09. The van der Waals surface area contributed by atoms with Gasteiger partial charge in [-0.25, -0.2) is 14.5 Å². The molecule has 1 aliphatic heterocycles. The highest BCUT2D eigenvalue weighted by Gasteiger charge is 2.38. The topological polar surface area (TPSA) is 88.2 Å². The number of amides is 3. The minimum absolute atomic E-state index is 0.0308. The van der Waals surface area contributed by atoms with Gasteiger partial charge in [-0.05, 0) is 77.6 Å². The summed E-state index contributed by atoms with van der Waals surface area (Å²) in [5.74, 6) is 0.0308. The fourth-order valence-corrected chi connectivity index (χ4v) is 5.15. The highest BCUT2D eigenvalue weighted by Crippen LogP contribution is 2.28. The quantitative estimate of drug-likeness (QED) is 0.388. The summed E-state index contributed by atoms with van der Waals surface area (Å²) >= 11 is 0. The average Bonchev–Trinajstić information content (AvgIpc) is 2.87. The number of rotatable bonds is 8. The zero-order valence-electron chi connectivity index (χ0n) is 25.3. The molecule has 8 nitrogen and oxygen atoms in total. The van der Waals surface area contributed by atoms with Crippen LogP contribution in [0.5, 0.6) is 0 Å². The number of nitrogens with one attached hydrogen (secondary N) is 1. The number of unbranched alkanes of at least 4 members (excludes halogenated alkanes) is 1. The monoisotopic (exact) mass is 553 g/mol. The molecule has 0 aliphatic carbocycles. The molecule has 1 fully saturated rings. The van der Waals surface area contributed by atoms with E-state index in [1.54, 1.807) is 41.5 Å². The minimum Gasteiger partial charge on any atom is -0.443 e. The Morgan fingerprint density at radius 3 is 2.12 bits per heavy atom. The smallest absolute Gasteiger partial charge is 0.419 e. The molecule has 0 bridgehead atoms. The van der Waals surface area contributed by atoms with Crippen molar-refractivity contribution in [2.24, 2.45) is 0 Å². The Morgan fingerprint density at radius 2 is 1.50 bits per heavy atom. The molecule has 220 valence electrons. The predicted molar refractivity (Wildman–Crippen MR) is 159 cm³/mol. The van der Waals surface area contributed by atoms with E-state index in [9.17, 15) is 14.4 Å². The van der Waals surface area contributed by atoms with E-state index >= 15 is 0 Å². The van der Waals surface area contributed by atoms with Crippen LogP contribution >= 0.6 is 0 Å². The first-order chi connectivity index (χ1) is 18.7. The number of hydrogen-bond acceptors (Lipinski definition) is 6. The number of carbonyl (C=O) groups excluding carboxylic acids is 3. The Hall–Kier alpha value is -3.13. The molecule has 2 aromatic carbocycles. The van der Waals surface area contributed by atoms with Crippen molar-refractivity contribution < 1.29 is 23.9 Å². The maximum absolute atomic E-state index is 13.8. The predicted octanol–water partition coefficient (Wildman–Crippen LogP) is 6.77. The van der Waals surface area contributed by atoms with E-state index in [0.717, 1.165) is 34.9 Å². The second kappa shape index (κ2) is 13.0. The number of carbonyl (C=O) groups is 3. The lowest BCUT2D eigenvalue weighted by atomic mass is 9.85. The van der Waals surface area contributed by atoms with Crippen molar-refractivity contribution in [3.05, 3.63) is 48.0 Å². The van der Waals surface area contributed by atoms with Gasteiger partial charge in [0.05, 0.1) is 0 Å². The van der Waals surface area contributed by atoms with Gasteiger partial charge in [-0.1, -0.05) is 56.2 Å². The number of imide groups is 1. The van der Waals surface area contributed by atoms with E-state index in [0.29, 0.717) is 38.0 Å². The highest BCUT2D eigenvalue weighted by atomic mass is 16.6. The Balaban J connectivity index is 1.77. The fourth-order valence-electron chi connectivity index (χ4n) is 5.15. The van der Waals surface area contributed by atoms with Crippen LogP contribution in [0.3, 0.4) is 0 Å². The average molecular weight is 554 g/mol. The highest BCUT2D eigenvalue weighted by molar-refractivity contribution is 6.07. The van der Waals surface area contributed by atoms with E-state index in [1.807, 2.05) is 47.4 Å². The summed E-state index contributed by atoms with van der Waals surface area (Å²) in [4.78, 5) is 42.7. The number of benzene rings is 2. The van der Waals surface area contributed by atoms with Crippen molar-refractivity contribution in [3.63, 3.8) is 0 Å². The van der Waals surface area contributed by atoms with Crippen LogP contribution in [0.25, 0.3) is 10.8 Å². The van der Waals surface area contributed by atoms with E-state index in [2.05, 4.69) is 12.2 Å². The summed E-state index contributed by atoms with van der Waals surface area (Å²) in [6, 6.07) is 13.8. The van der Waals surface area contributed by atoms with E-state index in [1.165, 1.54) is 0 Å². The lowest BCUT2D eigenvalue weighted by Crippen LogP contribution is -2.61. The van der Waals surface area contributed by atoms with Gasteiger partial charge in [0.1, 0.15) is 11.2 Å².